The van der Waals surface area contributed by atoms with Crippen molar-refractivity contribution in [2.24, 2.45) is 0 Å². The lowest BCUT2D eigenvalue weighted by molar-refractivity contribution is 0.0948. The first-order chi connectivity index (χ1) is 6.66. The molecular weight excluding hydrogens is 293 g/mol. The van der Waals surface area contributed by atoms with Crippen LogP contribution in [0.5, 0.6) is 5.75 Å². The average molecular weight is 303 g/mol. The van der Waals surface area contributed by atoms with Gasteiger partial charge in [0.15, 0.2) is 0 Å². The number of hydrogen-bond acceptors (Lipinski definition) is 2. The van der Waals surface area contributed by atoms with Gasteiger partial charge in [0.05, 0.1) is 5.56 Å². The number of nitrogens with one attached hydrogen (secondary N) is 1. The molecule has 4 heteroatoms. The first-order valence-corrected chi connectivity index (χ1v) is 5.54. The van der Waals surface area contributed by atoms with E-state index in [0.29, 0.717) is 11.6 Å². The molecule has 0 spiro atoms. The van der Waals surface area contributed by atoms with Crippen molar-refractivity contribution in [2.45, 2.75) is 18.9 Å². The van der Waals surface area contributed by atoms with Gasteiger partial charge in [0.1, 0.15) is 5.75 Å². The highest BCUT2D eigenvalue weighted by Crippen LogP contribution is 2.23. The monoisotopic (exact) mass is 303 g/mol. The molecule has 1 aliphatic rings. The minimum atomic E-state index is -0.177. The van der Waals surface area contributed by atoms with Gasteiger partial charge < -0.3 is 10.4 Å². The van der Waals surface area contributed by atoms with Crippen molar-refractivity contribution >= 4 is 28.5 Å². The SMILES string of the molecule is O=C(NC1CC1)c1cc(I)ccc1O. The summed E-state index contributed by atoms with van der Waals surface area (Å²) in [5.41, 5.74) is 0.365. The molecule has 0 aromatic heterocycles. The van der Waals surface area contributed by atoms with E-state index in [9.17, 15) is 9.90 Å². The molecule has 74 valence electrons. The normalized spacial score (nSPS) is 15.2. The smallest absolute Gasteiger partial charge is 0.255 e. The second kappa shape index (κ2) is 3.76. The molecule has 0 aliphatic heterocycles. The van der Waals surface area contributed by atoms with Gasteiger partial charge in [-0.3, -0.25) is 4.79 Å². The average Bonchev–Trinajstić information content (AvgIpc) is 2.93. The van der Waals surface area contributed by atoms with Crippen LogP contribution in [0.25, 0.3) is 0 Å². The molecule has 14 heavy (non-hydrogen) atoms. The maximum absolute atomic E-state index is 11.6. The molecular formula is C10H10INO2. The van der Waals surface area contributed by atoms with Crippen LogP contribution in [0.1, 0.15) is 23.2 Å². The first kappa shape index (κ1) is 9.76. The number of hydrogen-bond donors (Lipinski definition) is 2. The summed E-state index contributed by atoms with van der Waals surface area (Å²) in [4.78, 5) is 11.6. The van der Waals surface area contributed by atoms with Gasteiger partial charge in [-0.2, -0.15) is 0 Å². The number of aromatic hydroxyl groups is 1. The van der Waals surface area contributed by atoms with Gasteiger partial charge in [0.2, 0.25) is 0 Å². The van der Waals surface area contributed by atoms with Gasteiger partial charge in [0.25, 0.3) is 5.91 Å². The van der Waals surface area contributed by atoms with E-state index >= 15 is 0 Å². The summed E-state index contributed by atoms with van der Waals surface area (Å²) in [5, 5.41) is 12.3. The van der Waals surface area contributed by atoms with E-state index in [1.807, 2.05) is 0 Å². The summed E-state index contributed by atoms with van der Waals surface area (Å²) in [6.07, 6.45) is 2.10. The Labute approximate surface area is 95.7 Å². The summed E-state index contributed by atoms with van der Waals surface area (Å²) in [6, 6.07) is 5.32. The molecule has 1 saturated carbocycles. The summed E-state index contributed by atoms with van der Waals surface area (Å²) in [5.74, 6) is -0.132. The third kappa shape index (κ3) is 2.17. The Balaban J connectivity index is 2.20. The van der Waals surface area contributed by atoms with Crippen molar-refractivity contribution in [2.75, 3.05) is 0 Å². The molecule has 1 aliphatic carbocycles. The van der Waals surface area contributed by atoms with Crippen LogP contribution in [0.15, 0.2) is 18.2 Å². The van der Waals surface area contributed by atoms with E-state index in [1.54, 1.807) is 18.2 Å². The lowest BCUT2D eigenvalue weighted by atomic mass is 10.2. The molecule has 3 nitrogen and oxygen atoms in total. The van der Waals surface area contributed by atoms with Gasteiger partial charge in [-0.15, -0.1) is 0 Å². The van der Waals surface area contributed by atoms with E-state index in [1.165, 1.54) is 0 Å². The van der Waals surface area contributed by atoms with Crippen molar-refractivity contribution in [3.8, 4) is 5.75 Å². The molecule has 0 heterocycles. The number of phenols is 1. The van der Waals surface area contributed by atoms with Crippen LogP contribution in [-0.2, 0) is 0 Å². The van der Waals surface area contributed by atoms with Gasteiger partial charge in [-0.1, -0.05) is 0 Å². The zero-order valence-electron chi connectivity index (χ0n) is 7.46. The first-order valence-electron chi connectivity index (χ1n) is 4.46. The van der Waals surface area contributed by atoms with Crippen LogP contribution in [-0.4, -0.2) is 17.1 Å². The number of halogens is 1. The zero-order valence-corrected chi connectivity index (χ0v) is 9.61. The minimum absolute atomic E-state index is 0.0450. The fourth-order valence-corrected chi connectivity index (χ4v) is 1.67. The lowest BCUT2D eigenvalue weighted by Gasteiger charge is -2.05. The zero-order chi connectivity index (χ0) is 10.1. The molecule has 2 rings (SSSR count). The molecule has 2 N–H and O–H groups in total. The van der Waals surface area contributed by atoms with E-state index in [2.05, 4.69) is 27.9 Å². The van der Waals surface area contributed by atoms with Crippen molar-refractivity contribution in [1.29, 1.82) is 0 Å². The van der Waals surface area contributed by atoms with Gasteiger partial charge in [-0.05, 0) is 53.6 Å². The van der Waals surface area contributed by atoms with Crippen molar-refractivity contribution in [3.05, 3.63) is 27.3 Å². The van der Waals surface area contributed by atoms with Crippen LogP contribution >= 0.6 is 22.6 Å². The minimum Gasteiger partial charge on any atom is -0.507 e. The van der Waals surface area contributed by atoms with Gasteiger partial charge in [-0.25, -0.2) is 0 Å². The fraction of sp³-hybridized carbons (Fsp3) is 0.300. The summed E-state index contributed by atoms with van der Waals surface area (Å²) in [6.45, 7) is 0. The summed E-state index contributed by atoms with van der Waals surface area (Å²) >= 11 is 2.11. The Morgan fingerprint density at radius 1 is 1.50 bits per heavy atom. The topological polar surface area (TPSA) is 49.3 Å². The Kier molecular flexibility index (Phi) is 2.62. The standard InChI is InChI=1S/C10H10INO2/c11-6-1-4-9(13)8(5-6)10(14)12-7-2-3-7/h1,4-5,7,13H,2-3H2,(H,12,14). The van der Waals surface area contributed by atoms with Crippen molar-refractivity contribution in [3.63, 3.8) is 0 Å². The predicted octanol–water partition coefficient (Wildman–Crippen LogP) is 1.89. The highest BCUT2D eigenvalue weighted by atomic mass is 127. The predicted molar refractivity (Wildman–Crippen MR) is 61.3 cm³/mol. The van der Waals surface area contributed by atoms with E-state index in [0.717, 1.165) is 16.4 Å². The fourth-order valence-electron chi connectivity index (χ4n) is 1.18. The van der Waals surface area contributed by atoms with Gasteiger partial charge in [0, 0.05) is 9.61 Å². The Morgan fingerprint density at radius 2 is 2.21 bits per heavy atom. The number of benzene rings is 1. The molecule has 0 saturated heterocycles. The molecule has 1 aromatic rings. The van der Waals surface area contributed by atoms with Crippen LogP contribution in [0.3, 0.4) is 0 Å². The molecule has 0 unspecified atom stereocenters. The van der Waals surface area contributed by atoms with Crippen LogP contribution in [0.2, 0.25) is 0 Å². The lowest BCUT2D eigenvalue weighted by Crippen LogP contribution is -2.25. The van der Waals surface area contributed by atoms with E-state index in [-0.39, 0.29) is 11.7 Å². The van der Waals surface area contributed by atoms with Crippen LogP contribution in [0, 0.1) is 3.57 Å². The molecule has 1 amide bonds. The van der Waals surface area contributed by atoms with Crippen molar-refractivity contribution in [1.82, 2.24) is 5.32 Å². The van der Waals surface area contributed by atoms with Crippen LogP contribution in [0.4, 0.5) is 0 Å². The summed E-state index contributed by atoms with van der Waals surface area (Å²) < 4.78 is 0.946. The Hall–Kier alpha value is -0.780. The second-order valence-electron chi connectivity index (χ2n) is 3.41. The van der Waals surface area contributed by atoms with Crippen LogP contribution < -0.4 is 5.32 Å². The third-order valence-electron chi connectivity index (χ3n) is 2.12. The second-order valence-corrected chi connectivity index (χ2v) is 4.65. The van der Waals surface area contributed by atoms with Gasteiger partial charge >= 0.3 is 0 Å². The molecule has 1 aromatic carbocycles. The molecule has 1 fully saturated rings. The quantitative estimate of drug-likeness (QED) is 0.820. The largest absolute Gasteiger partial charge is 0.507 e. The maximum atomic E-state index is 11.6. The highest BCUT2D eigenvalue weighted by molar-refractivity contribution is 14.1. The molecule has 0 atom stereocenters. The molecule has 0 radical (unpaired) electrons. The highest BCUT2D eigenvalue weighted by Gasteiger charge is 2.24. The number of carbonyl (C=O) groups is 1. The number of amides is 1. The summed E-state index contributed by atoms with van der Waals surface area (Å²) in [7, 11) is 0. The number of carbonyl (C=O) groups excluding carboxylic acids is 1. The number of phenolic OH excluding ortho intramolecular Hbond substituents is 1. The Bertz CT molecular complexity index is 374. The van der Waals surface area contributed by atoms with Crippen molar-refractivity contribution < 1.29 is 9.90 Å². The van der Waals surface area contributed by atoms with E-state index < -0.39 is 0 Å². The Morgan fingerprint density at radius 3 is 2.86 bits per heavy atom. The number of rotatable bonds is 2. The maximum Gasteiger partial charge on any atom is 0.255 e. The van der Waals surface area contributed by atoms with E-state index in [4.69, 9.17) is 0 Å². The molecule has 0 bridgehead atoms. The third-order valence-corrected chi connectivity index (χ3v) is 2.79.